The number of piperidine rings is 1. The van der Waals surface area contributed by atoms with Crippen LogP contribution in [0.4, 0.5) is 0 Å². The highest BCUT2D eigenvalue weighted by Gasteiger charge is 2.31. The molecule has 1 saturated heterocycles. The van der Waals surface area contributed by atoms with Gasteiger partial charge in [0.05, 0.1) is 12.0 Å². The van der Waals surface area contributed by atoms with E-state index in [2.05, 4.69) is 4.72 Å². The van der Waals surface area contributed by atoms with E-state index in [1.807, 2.05) is 0 Å². The zero-order valence-electron chi connectivity index (χ0n) is 12.1. The minimum Gasteiger partial charge on any atom is -0.481 e. The molecule has 1 aromatic heterocycles. The molecule has 1 unspecified atom stereocenters. The molecule has 7 nitrogen and oxygen atoms in total. The zero-order valence-corrected chi connectivity index (χ0v) is 13.7. The van der Waals surface area contributed by atoms with Crippen LogP contribution in [-0.4, -0.2) is 49.4 Å². The number of sulfonamides is 1. The van der Waals surface area contributed by atoms with Crippen LogP contribution in [0, 0.1) is 5.92 Å². The van der Waals surface area contributed by atoms with Gasteiger partial charge in [-0.25, -0.2) is 8.42 Å². The van der Waals surface area contributed by atoms with Gasteiger partial charge in [0.1, 0.15) is 4.21 Å². The number of nitrogens with one attached hydrogen (secondary N) is 1. The molecule has 122 valence electrons. The highest BCUT2D eigenvalue weighted by molar-refractivity contribution is 7.91. The summed E-state index contributed by atoms with van der Waals surface area (Å²) in [6.07, 6.45) is 0.789. The van der Waals surface area contributed by atoms with Crippen molar-refractivity contribution in [3.8, 4) is 0 Å². The lowest BCUT2D eigenvalue weighted by Crippen LogP contribution is -2.49. The Labute approximate surface area is 133 Å². The molecule has 1 atom stereocenters. The topological polar surface area (TPSA) is 104 Å². The Morgan fingerprint density at radius 2 is 2.05 bits per heavy atom. The van der Waals surface area contributed by atoms with E-state index in [4.69, 9.17) is 5.11 Å². The Morgan fingerprint density at radius 3 is 2.55 bits per heavy atom. The van der Waals surface area contributed by atoms with E-state index in [0.29, 0.717) is 25.9 Å². The number of nitrogens with zero attached hydrogens (tertiary/aromatic N) is 1. The van der Waals surface area contributed by atoms with Crippen LogP contribution in [-0.2, 0) is 19.6 Å². The Hall–Kier alpha value is -1.45. The minimum absolute atomic E-state index is 0.164. The van der Waals surface area contributed by atoms with Gasteiger partial charge in [-0.05, 0) is 31.2 Å². The third-order valence-corrected chi connectivity index (χ3v) is 6.56. The standard InChI is InChI=1S/C13H18N2O5S2/c1-9(14-22(19,20)11-3-2-8-21-11)12(16)15-6-4-10(5-7-15)13(17)18/h2-3,8-10,14H,4-7H2,1H3,(H,17,18). The maximum absolute atomic E-state index is 12.3. The van der Waals surface area contributed by atoms with Crippen molar-refractivity contribution in [1.82, 2.24) is 9.62 Å². The van der Waals surface area contributed by atoms with Crippen molar-refractivity contribution in [3.05, 3.63) is 17.5 Å². The smallest absolute Gasteiger partial charge is 0.306 e. The first-order valence-electron chi connectivity index (χ1n) is 6.88. The van der Waals surface area contributed by atoms with Gasteiger partial charge in [0.25, 0.3) is 10.0 Å². The highest BCUT2D eigenvalue weighted by Crippen LogP contribution is 2.19. The number of hydrogen-bond donors (Lipinski definition) is 2. The van der Waals surface area contributed by atoms with Gasteiger partial charge in [0.2, 0.25) is 5.91 Å². The van der Waals surface area contributed by atoms with Crippen LogP contribution in [0.1, 0.15) is 19.8 Å². The second kappa shape index (κ2) is 6.76. The second-order valence-corrected chi connectivity index (χ2v) is 8.10. The lowest BCUT2D eigenvalue weighted by Gasteiger charge is -2.32. The molecule has 1 aromatic rings. The fourth-order valence-electron chi connectivity index (χ4n) is 2.38. The largest absolute Gasteiger partial charge is 0.481 e. The van der Waals surface area contributed by atoms with Crippen LogP contribution < -0.4 is 4.72 Å². The first kappa shape index (κ1) is 16.9. The normalized spacial score (nSPS) is 18.1. The number of carboxylic acid groups (broad SMARTS) is 1. The highest BCUT2D eigenvalue weighted by atomic mass is 32.2. The molecule has 1 aliphatic rings. The molecular weight excluding hydrogens is 328 g/mol. The zero-order chi connectivity index (χ0) is 16.3. The van der Waals surface area contributed by atoms with Gasteiger partial charge in [0, 0.05) is 13.1 Å². The van der Waals surface area contributed by atoms with Crippen molar-refractivity contribution in [1.29, 1.82) is 0 Å². The summed E-state index contributed by atoms with van der Waals surface area (Å²) < 4.78 is 26.7. The van der Waals surface area contributed by atoms with Gasteiger partial charge in [-0.1, -0.05) is 6.07 Å². The third-order valence-electron chi connectivity index (χ3n) is 3.62. The molecule has 2 rings (SSSR count). The van der Waals surface area contributed by atoms with Crippen molar-refractivity contribution in [2.45, 2.75) is 30.0 Å². The summed E-state index contributed by atoms with van der Waals surface area (Å²) in [7, 11) is -3.70. The molecule has 0 aliphatic carbocycles. The molecule has 22 heavy (non-hydrogen) atoms. The third kappa shape index (κ3) is 3.84. The Morgan fingerprint density at radius 1 is 1.41 bits per heavy atom. The lowest BCUT2D eigenvalue weighted by molar-refractivity contribution is -0.146. The van der Waals surface area contributed by atoms with Crippen molar-refractivity contribution >= 4 is 33.2 Å². The first-order valence-corrected chi connectivity index (χ1v) is 9.25. The Kier molecular flexibility index (Phi) is 5.20. The molecular formula is C13H18N2O5S2. The van der Waals surface area contributed by atoms with Crippen molar-refractivity contribution < 1.29 is 23.1 Å². The van der Waals surface area contributed by atoms with Crippen molar-refractivity contribution in [3.63, 3.8) is 0 Å². The predicted molar refractivity (Wildman–Crippen MR) is 81.0 cm³/mol. The van der Waals surface area contributed by atoms with Crippen LogP contribution in [0.5, 0.6) is 0 Å². The van der Waals surface area contributed by atoms with Crippen LogP contribution >= 0.6 is 11.3 Å². The number of rotatable bonds is 5. The number of carboxylic acids is 1. The monoisotopic (exact) mass is 346 g/mol. The summed E-state index contributed by atoms with van der Waals surface area (Å²) >= 11 is 1.08. The number of likely N-dealkylation sites (tertiary alicyclic amines) is 1. The van der Waals surface area contributed by atoms with Gasteiger partial charge >= 0.3 is 5.97 Å². The van der Waals surface area contributed by atoms with E-state index in [-0.39, 0.29) is 10.1 Å². The number of thiophene rings is 1. The van der Waals surface area contributed by atoms with E-state index in [1.165, 1.54) is 17.9 Å². The molecule has 0 bridgehead atoms. The summed E-state index contributed by atoms with van der Waals surface area (Å²) in [6, 6.07) is 2.22. The van der Waals surface area contributed by atoms with Crippen LogP contribution in [0.25, 0.3) is 0 Å². The maximum Gasteiger partial charge on any atom is 0.306 e. The first-order chi connectivity index (χ1) is 10.3. The van der Waals surface area contributed by atoms with E-state index in [9.17, 15) is 18.0 Å². The van der Waals surface area contributed by atoms with E-state index >= 15 is 0 Å². The summed E-state index contributed by atoms with van der Waals surface area (Å²) in [6.45, 7) is 2.17. The number of amides is 1. The van der Waals surface area contributed by atoms with Gasteiger partial charge in [-0.2, -0.15) is 4.72 Å². The average molecular weight is 346 g/mol. The molecule has 2 heterocycles. The number of aliphatic carboxylic acids is 1. The molecule has 1 aliphatic heterocycles. The summed E-state index contributed by atoms with van der Waals surface area (Å²) in [5.74, 6) is -1.61. The Balaban J connectivity index is 1.95. The number of carbonyl (C=O) groups excluding carboxylic acids is 1. The molecule has 9 heteroatoms. The van der Waals surface area contributed by atoms with E-state index in [1.54, 1.807) is 11.4 Å². The second-order valence-electron chi connectivity index (χ2n) is 5.21. The van der Waals surface area contributed by atoms with Gasteiger partial charge in [0.15, 0.2) is 0 Å². The van der Waals surface area contributed by atoms with Crippen LogP contribution in [0.15, 0.2) is 21.7 Å². The van der Waals surface area contributed by atoms with E-state index in [0.717, 1.165) is 11.3 Å². The fourth-order valence-corrected chi connectivity index (χ4v) is 4.58. The molecule has 0 radical (unpaired) electrons. The molecule has 2 N–H and O–H groups in total. The maximum atomic E-state index is 12.3. The predicted octanol–water partition coefficient (Wildman–Crippen LogP) is 0.738. The minimum atomic E-state index is -3.70. The Bertz CT molecular complexity index is 633. The summed E-state index contributed by atoms with van der Waals surface area (Å²) in [4.78, 5) is 24.7. The van der Waals surface area contributed by atoms with Gasteiger partial charge in [-0.3, -0.25) is 9.59 Å². The molecule has 1 fully saturated rings. The van der Waals surface area contributed by atoms with Crippen molar-refractivity contribution in [2.24, 2.45) is 5.92 Å². The molecule has 0 saturated carbocycles. The van der Waals surface area contributed by atoms with Crippen LogP contribution in [0.3, 0.4) is 0 Å². The number of hydrogen-bond acceptors (Lipinski definition) is 5. The van der Waals surface area contributed by atoms with Crippen molar-refractivity contribution in [2.75, 3.05) is 13.1 Å². The summed E-state index contributed by atoms with van der Waals surface area (Å²) in [5.41, 5.74) is 0. The molecule has 1 amide bonds. The van der Waals surface area contributed by atoms with Gasteiger partial charge in [-0.15, -0.1) is 11.3 Å². The van der Waals surface area contributed by atoms with Gasteiger partial charge < -0.3 is 10.0 Å². The van der Waals surface area contributed by atoms with E-state index < -0.39 is 28.0 Å². The summed E-state index contributed by atoms with van der Waals surface area (Å²) in [5, 5.41) is 10.6. The molecule has 0 spiro atoms. The lowest BCUT2D eigenvalue weighted by atomic mass is 9.97. The SMILES string of the molecule is CC(NS(=O)(=O)c1cccs1)C(=O)N1CCC(C(=O)O)CC1. The van der Waals surface area contributed by atoms with Crippen LogP contribution in [0.2, 0.25) is 0 Å². The number of carbonyl (C=O) groups is 2. The average Bonchev–Trinajstić information content (AvgIpc) is 3.01. The quantitative estimate of drug-likeness (QED) is 0.818. The fraction of sp³-hybridized carbons (Fsp3) is 0.538. The molecule has 0 aromatic carbocycles.